The Morgan fingerprint density at radius 1 is 0.435 bits per heavy atom. The fourth-order valence-corrected chi connectivity index (χ4v) is 7.27. The molecule has 0 unspecified atom stereocenters. The zero-order valence-electron chi connectivity index (χ0n) is 27.9. The molecule has 2 aliphatic carbocycles. The van der Waals surface area contributed by atoms with E-state index in [-0.39, 0.29) is 12.2 Å². The van der Waals surface area contributed by atoms with Gasteiger partial charge >= 0.3 is 0 Å². The van der Waals surface area contributed by atoms with Crippen molar-refractivity contribution in [2.75, 3.05) is 0 Å². The van der Waals surface area contributed by atoms with E-state index in [0.29, 0.717) is 23.9 Å². The van der Waals surface area contributed by atoms with E-state index in [9.17, 15) is 10.2 Å². The topological polar surface area (TPSA) is 46.9 Å². The number of nitrogens with zero attached hydrogens (tertiary/aromatic N) is 2. The third kappa shape index (κ3) is 10.4. The standard InChI is InChI=1S/2C21H27NO/c2*1-17-14-20(12-13-21(17)23)22(15-18-8-4-2-5-9-18)16-19-10-6-3-7-11-19/h2*2-11,17,20-21,23H,12-16H2,1H3/t2*17-,20-,21+/m10/s1. The summed E-state index contributed by atoms with van der Waals surface area (Å²) in [5, 5.41) is 20.1. The zero-order chi connectivity index (χ0) is 32.1. The Hall–Kier alpha value is -3.28. The normalized spacial score (nSPS) is 24.7. The summed E-state index contributed by atoms with van der Waals surface area (Å²) in [6.07, 6.45) is 5.94. The van der Waals surface area contributed by atoms with Gasteiger partial charge in [0, 0.05) is 38.3 Å². The fourth-order valence-electron chi connectivity index (χ4n) is 7.27. The molecule has 4 heteroatoms. The quantitative estimate of drug-likeness (QED) is 0.187. The molecule has 0 heterocycles. The lowest BCUT2D eigenvalue weighted by atomic mass is 9.83. The second-order valence-corrected chi connectivity index (χ2v) is 13.8. The summed E-state index contributed by atoms with van der Waals surface area (Å²) in [5.74, 6) is 0.783. The maximum atomic E-state index is 10.0. The van der Waals surface area contributed by atoms with Crippen molar-refractivity contribution >= 4 is 0 Å². The number of benzene rings is 4. The summed E-state index contributed by atoms with van der Waals surface area (Å²) >= 11 is 0. The molecular weight excluding hydrogens is 564 g/mol. The first-order chi connectivity index (χ1) is 22.4. The molecule has 0 bridgehead atoms. The van der Waals surface area contributed by atoms with E-state index in [1.165, 1.54) is 22.3 Å². The first-order valence-electron chi connectivity index (χ1n) is 17.4. The van der Waals surface area contributed by atoms with E-state index in [2.05, 4.69) is 145 Å². The summed E-state index contributed by atoms with van der Waals surface area (Å²) in [7, 11) is 0. The third-order valence-corrected chi connectivity index (χ3v) is 10.1. The van der Waals surface area contributed by atoms with Gasteiger partial charge in [-0.15, -0.1) is 0 Å². The minimum atomic E-state index is -0.124. The highest BCUT2D eigenvalue weighted by Crippen LogP contribution is 2.31. The first-order valence-corrected chi connectivity index (χ1v) is 17.4. The number of hydrogen-bond acceptors (Lipinski definition) is 4. The average Bonchev–Trinajstić information content (AvgIpc) is 3.09. The minimum Gasteiger partial charge on any atom is -0.393 e. The van der Waals surface area contributed by atoms with Gasteiger partial charge in [0.2, 0.25) is 0 Å². The Labute approximate surface area is 277 Å². The molecule has 0 radical (unpaired) electrons. The molecule has 2 fully saturated rings. The SMILES string of the molecule is C[C@@H]1C[C@H](N(Cc2ccccc2)Cc2ccccc2)CC[C@@H]1O.C[C@H]1C[C@@H](N(Cc2ccccc2)Cc2ccccc2)CC[C@H]1O. The highest BCUT2D eigenvalue weighted by molar-refractivity contribution is 5.19. The van der Waals surface area contributed by atoms with Crippen molar-refractivity contribution in [3.63, 3.8) is 0 Å². The number of rotatable bonds is 10. The summed E-state index contributed by atoms with van der Waals surface area (Å²) in [6, 6.07) is 44.0. The highest BCUT2D eigenvalue weighted by Gasteiger charge is 2.31. The summed E-state index contributed by atoms with van der Waals surface area (Å²) in [4.78, 5) is 5.18. The minimum absolute atomic E-state index is 0.124. The summed E-state index contributed by atoms with van der Waals surface area (Å²) in [6.45, 7) is 8.26. The van der Waals surface area contributed by atoms with Crippen LogP contribution in [0.2, 0.25) is 0 Å². The first kappa shape index (κ1) is 34.1. The molecule has 244 valence electrons. The maximum absolute atomic E-state index is 10.0. The Morgan fingerprint density at radius 2 is 0.696 bits per heavy atom. The molecule has 0 saturated heterocycles. The second-order valence-electron chi connectivity index (χ2n) is 13.8. The van der Waals surface area contributed by atoms with Gasteiger partial charge in [-0.3, -0.25) is 9.80 Å². The van der Waals surface area contributed by atoms with Crippen LogP contribution in [0.15, 0.2) is 121 Å². The van der Waals surface area contributed by atoms with Crippen molar-refractivity contribution in [2.45, 2.75) is 103 Å². The van der Waals surface area contributed by atoms with Crippen molar-refractivity contribution in [3.05, 3.63) is 144 Å². The van der Waals surface area contributed by atoms with Crippen molar-refractivity contribution in [3.8, 4) is 0 Å². The molecule has 6 rings (SSSR count). The molecule has 2 saturated carbocycles. The van der Waals surface area contributed by atoms with E-state index in [1.807, 2.05) is 0 Å². The molecular formula is C42H54N2O2. The fraction of sp³-hybridized carbons (Fsp3) is 0.429. The van der Waals surface area contributed by atoms with Gasteiger partial charge in [0.05, 0.1) is 12.2 Å². The Kier molecular flexibility index (Phi) is 13.0. The van der Waals surface area contributed by atoms with Crippen molar-refractivity contribution < 1.29 is 10.2 Å². The van der Waals surface area contributed by atoms with Crippen LogP contribution in [0.5, 0.6) is 0 Å². The van der Waals surface area contributed by atoms with Crippen LogP contribution in [0.4, 0.5) is 0 Å². The van der Waals surface area contributed by atoms with Crippen molar-refractivity contribution in [2.24, 2.45) is 11.8 Å². The summed E-state index contributed by atoms with van der Waals surface area (Å²) < 4.78 is 0. The molecule has 0 spiro atoms. The smallest absolute Gasteiger partial charge is 0.0566 e. The van der Waals surface area contributed by atoms with Gasteiger partial charge in [0.15, 0.2) is 0 Å². The Balaban J connectivity index is 0.000000181. The molecule has 2 aliphatic rings. The highest BCUT2D eigenvalue weighted by atomic mass is 16.3. The van der Waals surface area contributed by atoms with Crippen LogP contribution in [0.1, 0.15) is 74.6 Å². The van der Waals surface area contributed by atoms with Gasteiger partial charge in [-0.2, -0.15) is 0 Å². The summed E-state index contributed by atoms with van der Waals surface area (Å²) in [5.41, 5.74) is 5.45. The predicted octanol–water partition coefficient (Wildman–Crippen LogP) is 8.48. The Bertz CT molecular complexity index is 1190. The lowest BCUT2D eigenvalue weighted by Crippen LogP contribution is -2.41. The molecule has 6 atom stereocenters. The number of hydrogen-bond donors (Lipinski definition) is 2. The molecule has 0 aliphatic heterocycles. The van der Waals surface area contributed by atoms with Crippen molar-refractivity contribution in [1.29, 1.82) is 0 Å². The largest absolute Gasteiger partial charge is 0.393 e. The lowest BCUT2D eigenvalue weighted by molar-refractivity contribution is 0.0265. The van der Waals surface area contributed by atoms with Crippen LogP contribution >= 0.6 is 0 Å². The number of aliphatic hydroxyl groups excluding tert-OH is 2. The molecule has 0 aromatic heterocycles. The van der Waals surface area contributed by atoms with Gasteiger partial charge in [-0.1, -0.05) is 135 Å². The van der Waals surface area contributed by atoms with E-state index >= 15 is 0 Å². The number of aliphatic hydroxyl groups is 2. The monoisotopic (exact) mass is 618 g/mol. The van der Waals surface area contributed by atoms with Gasteiger partial charge in [0.1, 0.15) is 0 Å². The van der Waals surface area contributed by atoms with Crippen LogP contribution in [0.3, 0.4) is 0 Å². The third-order valence-electron chi connectivity index (χ3n) is 10.1. The van der Waals surface area contributed by atoms with Crippen molar-refractivity contribution in [1.82, 2.24) is 9.80 Å². The van der Waals surface area contributed by atoms with Crippen LogP contribution in [0.25, 0.3) is 0 Å². The molecule has 46 heavy (non-hydrogen) atoms. The molecule has 0 amide bonds. The average molecular weight is 619 g/mol. The van der Waals surface area contributed by atoms with Gasteiger partial charge in [-0.25, -0.2) is 0 Å². The molecule has 2 N–H and O–H groups in total. The lowest BCUT2D eigenvalue weighted by Gasteiger charge is -2.39. The molecule has 4 aromatic carbocycles. The van der Waals surface area contributed by atoms with Crippen LogP contribution in [0, 0.1) is 11.8 Å². The van der Waals surface area contributed by atoms with E-state index in [0.717, 1.165) is 64.7 Å². The van der Waals surface area contributed by atoms with E-state index in [4.69, 9.17) is 0 Å². The second kappa shape index (κ2) is 17.6. The molecule has 4 nitrogen and oxygen atoms in total. The molecule has 4 aromatic rings. The Morgan fingerprint density at radius 3 is 0.935 bits per heavy atom. The van der Waals surface area contributed by atoms with Gasteiger partial charge in [0.25, 0.3) is 0 Å². The maximum Gasteiger partial charge on any atom is 0.0566 e. The van der Waals surface area contributed by atoms with Gasteiger partial charge in [-0.05, 0) is 72.6 Å². The van der Waals surface area contributed by atoms with E-state index in [1.54, 1.807) is 0 Å². The zero-order valence-corrected chi connectivity index (χ0v) is 27.9. The van der Waals surface area contributed by atoms with Crippen LogP contribution < -0.4 is 0 Å². The predicted molar refractivity (Wildman–Crippen MR) is 190 cm³/mol. The van der Waals surface area contributed by atoms with Crippen LogP contribution in [-0.2, 0) is 26.2 Å². The van der Waals surface area contributed by atoms with Gasteiger partial charge < -0.3 is 10.2 Å². The van der Waals surface area contributed by atoms with E-state index < -0.39 is 0 Å². The van der Waals surface area contributed by atoms with Crippen LogP contribution in [-0.4, -0.2) is 44.3 Å².